The molecule has 1 aromatic heterocycles. The first-order valence-corrected chi connectivity index (χ1v) is 7.10. The van der Waals surface area contributed by atoms with Crippen molar-refractivity contribution in [2.45, 2.75) is 6.42 Å². The lowest BCUT2D eigenvalue weighted by Gasteiger charge is -2.04. The summed E-state index contributed by atoms with van der Waals surface area (Å²) in [6, 6.07) is 9.35. The summed E-state index contributed by atoms with van der Waals surface area (Å²) in [6.07, 6.45) is 4.34. The van der Waals surface area contributed by atoms with Crippen LogP contribution in [-0.4, -0.2) is 4.98 Å². The zero-order valence-corrected chi connectivity index (χ0v) is 12.6. The predicted molar refractivity (Wildman–Crippen MR) is 84.9 cm³/mol. The quantitative estimate of drug-likeness (QED) is 0.924. The fraction of sp³-hybridized carbons (Fsp3) is 0.0625. The number of nitrogens with one attached hydrogen (secondary N) is 1. The van der Waals surface area contributed by atoms with Crippen molar-refractivity contribution in [2.24, 2.45) is 0 Å². The van der Waals surface area contributed by atoms with Crippen LogP contribution in [0.3, 0.4) is 0 Å². The van der Waals surface area contributed by atoms with Gasteiger partial charge in [0.25, 0.3) is 0 Å². The third kappa shape index (κ3) is 3.20. The van der Waals surface area contributed by atoms with Gasteiger partial charge in [0.2, 0.25) is 0 Å². The molecule has 3 nitrogen and oxygen atoms in total. The summed E-state index contributed by atoms with van der Waals surface area (Å²) in [6.45, 7) is 3.76. The highest BCUT2D eigenvalue weighted by Gasteiger charge is 2.12. The molecule has 0 radical (unpaired) electrons. The molecule has 0 unspecified atom stereocenters. The van der Waals surface area contributed by atoms with E-state index in [9.17, 15) is 0 Å². The molecular weight excluding hydrogens is 307 g/mol. The third-order valence-electron chi connectivity index (χ3n) is 3.10. The summed E-state index contributed by atoms with van der Waals surface area (Å²) in [5.74, 6) is 0.807. The van der Waals surface area contributed by atoms with Gasteiger partial charge in [-0.05, 0) is 29.8 Å². The lowest BCUT2D eigenvalue weighted by molar-refractivity contribution is 0.162. The topological polar surface area (TPSA) is 34.1 Å². The van der Waals surface area contributed by atoms with E-state index in [1.165, 1.54) is 0 Å². The van der Waals surface area contributed by atoms with E-state index < -0.39 is 0 Å². The molecule has 0 bridgehead atoms. The Labute approximate surface area is 132 Å². The lowest BCUT2D eigenvalue weighted by atomic mass is 10.1. The molecular formula is C16H12Cl2N2O. The van der Waals surface area contributed by atoms with Gasteiger partial charge in [0, 0.05) is 23.9 Å². The summed E-state index contributed by atoms with van der Waals surface area (Å²) in [4.78, 5) is 9.64. The Morgan fingerprint density at radius 2 is 2.00 bits per heavy atom. The van der Waals surface area contributed by atoms with Crippen LogP contribution in [0.2, 0.25) is 10.0 Å². The summed E-state index contributed by atoms with van der Waals surface area (Å²) in [7, 11) is 0. The molecule has 1 aromatic carbocycles. The molecule has 2 heterocycles. The maximum atomic E-state index is 6.01. The maximum absolute atomic E-state index is 6.01. The van der Waals surface area contributed by atoms with Gasteiger partial charge in [-0.15, -0.1) is 0 Å². The molecule has 1 N–H and O–H groups in total. The summed E-state index contributed by atoms with van der Waals surface area (Å²) >= 11 is 11.9. The summed E-state index contributed by atoms with van der Waals surface area (Å²) in [5.41, 5.74) is 4.80. The Kier molecular flexibility index (Phi) is 3.86. The SMILES string of the molecule is C=c1ccc(=C2C=C(Cc3ccc(Cl)c(Cl)c3)ON2)cn1. The largest absolute Gasteiger partial charge is 0.386 e. The second-order valence-electron chi connectivity index (χ2n) is 4.69. The van der Waals surface area contributed by atoms with Crippen LogP contribution >= 0.6 is 23.2 Å². The molecule has 0 atom stereocenters. The fourth-order valence-corrected chi connectivity index (χ4v) is 2.33. The van der Waals surface area contributed by atoms with Gasteiger partial charge in [0.1, 0.15) is 5.76 Å². The molecule has 1 aliphatic heterocycles. The monoisotopic (exact) mass is 318 g/mol. The Bertz CT molecular complexity index is 807. The van der Waals surface area contributed by atoms with Crippen molar-refractivity contribution in [3.63, 3.8) is 0 Å². The van der Waals surface area contributed by atoms with E-state index in [0.29, 0.717) is 16.5 Å². The minimum Gasteiger partial charge on any atom is -0.386 e. The predicted octanol–water partition coefficient (Wildman–Crippen LogP) is 2.57. The van der Waals surface area contributed by atoms with Crippen molar-refractivity contribution in [1.29, 1.82) is 0 Å². The smallest absolute Gasteiger partial charge is 0.138 e. The molecule has 3 rings (SSSR count). The molecule has 1 aliphatic rings. The van der Waals surface area contributed by atoms with Gasteiger partial charge in [-0.3, -0.25) is 4.98 Å². The molecule has 0 spiro atoms. The second kappa shape index (κ2) is 5.80. The molecule has 2 aromatic rings. The number of rotatable bonds is 2. The number of allylic oxidation sites excluding steroid dienone is 1. The Hall–Kier alpha value is -1.97. The number of hydroxylamine groups is 1. The molecule has 5 heteroatoms. The second-order valence-corrected chi connectivity index (χ2v) is 5.51. The van der Waals surface area contributed by atoms with Crippen LogP contribution in [0.1, 0.15) is 5.56 Å². The van der Waals surface area contributed by atoms with Gasteiger partial charge in [0.05, 0.1) is 21.1 Å². The first-order valence-electron chi connectivity index (χ1n) is 6.34. The van der Waals surface area contributed by atoms with Crippen LogP contribution in [0.4, 0.5) is 0 Å². The van der Waals surface area contributed by atoms with Crippen molar-refractivity contribution in [2.75, 3.05) is 0 Å². The first kappa shape index (κ1) is 14.0. The van der Waals surface area contributed by atoms with Crippen LogP contribution in [0.15, 0.2) is 48.4 Å². The molecule has 21 heavy (non-hydrogen) atoms. The standard InChI is InChI=1S/C16H12Cl2N2O/c1-10-2-4-12(9-19-10)16-8-13(21-20-16)6-11-3-5-14(17)15(18)7-11/h2-5,7-9,20H,1,6H2. The number of hydrogen-bond donors (Lipinski definition) is 1. The van der Waals surface area contributed by atoms with Gasteiger partial charge in [0.15, 0.2) is 0 Å². The number of pyridine rings is 1. The fourth-order valence-electron chi connectivity index (χ4n) is 2.00. The van der Waals surface area contributed by atoms with Gasteiger partial charge in [-0.25, -0.2) is 5.48 Å². The summed E-state index contributed by atoms with van der Waals surface area (Å²) in [5, 5.41) is 2.77. The number of nitrogens with zero attached hydrogens (tertiary/aromatic N) is 1. The average Bonchev–Trinajstić information content (AvgIpc) is 2.92. The zero-order valence-electron chi connectivity index (χ0n) is 11.1. The molecule has 0 fully saturated rings. The van der Waals surface area contributed by atoms with E-state index in [1.54, 1.807) is 12.3 Å². The van der Waals surface area contributed by atoms with Gasteiger partial charge < -0.3 is 4.84 Å². The minimum absolute atomic E-state index is 0.542. The van der Waals surface area contributed by atoms with Crippen molar-refractivity contribution < 1.29 is 4.84 Å². The van der Waals surface area contributed by atoms with E-state index in [1.807, 2.05) is 30.3 Å². The Morgan fingerprint density at radius 3 is 2.71 bits per heavy atom. The minimum atomic E-state index is 0.542. The van der Waals surface area contributed by atoms with Crippen molar-refractivity contribution in [3.05, 3.63) is 74.5 Å². The van der Waals surface area contributed by atoms with Crippen LogP contribution in [0, 0.1) is 0 Å². The zero-order chi connectivity index (χ0) is 14.8. The maximum Gasteiger partial charge on any atom is 0.138 e. The normalized spacial score (nSPS) is 16.2. The number of hydrogen-bond acceptors (Lipinski definition) is 3. The van der Waals surface area contributed by atoms with Crippen molar-refractivity contribution in [1.82, 2.24) is 10.5 Å². The van der Waals surface area contributed by atoms with Crippen LogP contribution in [0.25, 0.3) is 12.3 Å². The summed E-state index contributed by atoms with van der Waals surface area (Å²) < 4.78 is 0. The Morgan fingerprint density at radius 1 is 1.14 bits per heavy atom. The lowest BCUT2D eigenvalue weighted by Crippen LogP contribution is -2.17. The van der Waals surface area contributed by atoms with E-state index in [-0.39, 0.29) is 0 Å². The van der Waals surface area contributed by atoms with Crippen LogP contribution in [0.5, 0.6) is 0 Å². The molecule has 0 amide bonds. The number of halogens is 2. The van der Waals surface area contributed by atoms with E-state index in [2.05, 4.69) is 17.0 Å². The first-order chi connectivity index (χ1) is 10.1. The van der Waals surface area contributed by atoms with Crippen molar-refractivity contribution >= 4 is 35.5 Å². The van der Waals surface area contributed by atoms with E-state index in [0.717, 1.165) is 27.6 Å². The van der Waals surface area contributed by atoms with Crippen LogP contribution < -0.4 is 16.0 Å². The third-order valence-corrected chi connectivity index (χ3v) is 3.83. The van der Waals surface area contributed by atoms with E-state index >= 15 is 0 Å². The number of benzene rings is 1. The van der Waals surface area contributed by atoms with Gasteiger partial charge >= 0.3 is 0 Å². The Balaban J connectivity index is 1.86. The van der Waals surface area contributed by atoms with Gasteiger partial charge in [-0.2, -0.15) is 0 Å². The van der Waals surface area contributed by atoms with Crippen molar-refractivity contribution in [3.8, 4) is 0 Å². The molecule has 106 valence electrons. The highest BCUT2D eigenvalue weighted by Crippen LogP contribution is 2.24. The van der Waals surface area contributed by atoms with E-state index in [4.69, 9.17) is 28.0 Å². The molecule has 0 saturated heterocycles. The van der Waals surface area contributed by atoms with Crippen LogP contribution in [-0.2, 0) is 11.3 Å². The number of aromatic nitrogens is 1. The molecule has 0 saturated carbocycles. The highest BCUT2D eigenvalue weighted by molar-refractivity contribution is 6.42. The highest BCUT2D eigenvalue weighted by atomic mass is 35.5. The average molecular weight is 319 g/mol. The molecule has 0 aliphatic carbocycles. The van der Waals surface area contributed by atoms with Gasteiger partial charge in [-0.1, -0.05) is 35.8 Å².